The number of ketones is 1. The first-order chi connectivity index (χ1) is 8.16. The summed E-state index contributed by atoms with van der Waals surface area (Å²) in [6.07, 6.45) is 6.57. The average molecular weight is 237 g/mol. The first kappa shape index (κ1) is 12.6. The van der Waals surface area contributed by atoms with Crippen LogP contribution in [0.15, 0.2) is 0 Å². The Morgan fingerprint density at radius 2 is 2.00 bits per heavy atom. The fourth-order valence-electron chi connectivity index (χ4n) is 2.91. The zero-order valence-corrected chi connectivity index (χ0v) is 10.8. The van der Waals surface area contributed by atoms with Crippen molar-refractivity contribution in [3.8, 4) is 0 Å². The summed E-state index contributed by atoms with van der Waals surface area (Å²) in [5.41, 5.74) is 0. The summed E-state index contributed by atoms with van der Waals surface area (Å²) in [6.45, 7) is 3.90. The van der Waals surface area contributed by atoms with Crippen LogP contribution in [0.2, 0.25) is 0 Å². The predicted molar refractivity (Wildman–Crippen MR) is 66.6 cm³/mol. The van der Waals surface area contributed by atoms with Gasteiger partial charge in [0.25, 0.3) is 0 Å². The van der Waals surface area contributed by atoms with Gasteiger partial charge in [0.1, 0.15) is 5.78 Å². The highest BCUT2D eigenvalue weighted by molar-refractivity contribution is 5.83. The molecule has 2 aliphatic rings. The summed E-state index contributed by atoms with van der Waals surface area (Å²) in [7, 11) is 0. The smallest absolute Gasteiger partial charge is 0.222 e. The van der Waals surface area contributed by atoms with E-state index >= 15 is 0 Å². The average Bonchev–Trinajstić information content (AvgIpc) is 2.64. The second-order valence-electron chi connectivity index (χ2n) is 5.66. The summed E-state index contributed by atoms with van der Waals surface area (Å²) in [5.74, 6) is 1.61. The van der Waals surface area contributed by atoms with Crippen molar-refractivity contribution >= 4 is 11.7 Å². The SMILES string of the molecule is CC1CCC(=O)N(CCC2CCCC2=O)CC1. The molecular formula is C14H23NO2. The van der Waals surface area contributed by atoms with Crippen LogP contribution < -0.4 is 0 Å². The van der Waals surface area contributed by atoms with E-state index in [1.165, 1.54) is 0 Å². The van der Waals surface area contributed by atoms with Crippen molar-refractivity contribution in [2.45, 2.75) is 51.9 Å². The Morgan fingerprint density at radius 3 is 2.71 bits per heavy atom. The number of rotatable bonds is 3. The van der Waals surface area contributed by atoms with E-state index in [0.29, 0.717) is 24.0 Å². The monoisotopic (exact) mass is 237 g/mol. The van der Waals surface area contributed by atoms with E-state index in [2.05, 4.69) is 6.92 Å². The number of carbonyl (C=O) groups excluding carboxylic acids is 2. The highest BCUT2D eigenvalue weighted by atomic mass is 16.2. The lowest BCUT2D eigenvalue weighted by atomic mass is 10.0. The Morgan fingerprint density at radius 1 is 1.18 bits per heavy atom. The Bertz CT molecular complexity index is 301. The maximum absolute atomic E-state index is 11.9. The standard InChI is InChI=1S/C14H23NO2/c1-11-5-6-14(17)15(9-7-11)10-8-12-3-2-4-13(12)16/h11-12H,2-10H2,1H3. The Labute approximate surface area is 104 Å². The van der Waals surface area contributed by atoms with Gasteiger partial charge in [0.2, 0.25) is 5.91 Å². The lowest BCUT2D eigenvalue weighted by Crippen LogP contribution is -2.32. The first-order valence-corrected chi connectivity index (χ1v) is 6.97. The molecule has 0 radical (unpaired) electrons. The molecule has 0 N–H and O–H groups in total. The topological polar surface area (TPSA) is 37.4 Å². The Kier molecular flexibility index (Phi) is 4.19. The molecule has 3 nitrogen and oxygen atoms in total. The molecule has 2 rings (SSSR count). The van der Waals surface area contributed by atoms with Crippen LogP contribution in [0.3, 0.4) is 0 Å². The molecule has 1 aliphatic heterocycles. The number of nitrogens with zero attached hydrogens (tertiary/aromatic N) is 1. The van der Waals surface area contributed by atoms with Crippen molar-refractivity contribution in [2.75, 3.05) is 13.1 Å². The van der Waals surface area contributed by atoms with Crippen LogP contribution in [-0.2, 0) is 9.59 Å². The van der Waals surface area contributed by atoms with Gasteiger partial charge >= 0.3 is 0 Å². The van der Waals surface area contributed by atoms with E-state index in [-0.39, 0.29) is 5.92 Å². The Balaban J connectivity index is 1.81. The minimum Gasteiger partial charge on any atom is -0.343 e. The molecule has 0 aromatic heterocycles. The molecule has 1 saturated carbocycles. The Hall–Kier alpha value is -0.860. The summed E-state index contributed by atoms with van der Waals surface area (Å²) in [5, 5.41) is 0. The summed E-state index contributed by atoms with van der Waals surface area (Å²) < 4.78 is 0. The molecule has 0 aromatic carbocycles. The molecule has 2 fully saturated rings. The van der Waals surface area contributed by atoms with Gasteiger partial charge in [-0.2, -0.15) is 0 Å². The predicted octanol–water partition coefficient (Wildman–Crippen LogP) is 2.39. The fourth-order valence-corrected chi connectivity index (χ4v) is 2.91. The third-order valence-corrected chi connectivity index (χ3v) is 4.27. The van der Waals surface area contributed by atoms with Gasteiger partial charge in [0.15, 0.2) is 0 Å². The van der Waals surface area contributed by atoms with Gasteiger partial charge < -0.3 is 4.90 Å². The molecule has 2 unspecified atom stereocenters. The summed E-state index contributed by atoms with van der Waals surface area (Å²) in [4.78, 5) is 25.4. The van der Waals surface area contributed by atoms with E-state index in [9.17, 15) is 9.59 Å². The van der Waals surface area contributed by atoms with Crippen LogP contribution in [0.25, 0.3) is 0 Å². The first-order valence-electron chi connectivity index (χ1n) is 6.97. The maximum Gasteiger partial charge on any atom is 0.222 e. The zero-order valence-electron chi connectivity index (χ0n) is 10.8. The number of likely N-dealkylation sites (tertiary alicyclic amines) is 1. The second-order valence-corrected chi connectivity index (χ2v) is 5.66. The van der Waals surface area contributed by atoms with Crippen LogP contribution in [0, 0.1) is 11.8 Å². The van der Waals surface area contributed by atoms with E-state index in [1.807, 2.05) is 4.90 Å². The molecule has 1 amide bonds. The van der Waals surface area contributed by atoms with Gasteiger partial charge in [-0.05, 0) is 38.0 Å². The number of carbonyl (C=O) groups is 2. The van der Waals surface area contributed by atoms with Crippen molar-refractivity contribution in [3.05, 3.63) is 0 Å². The molecule has 1 aliphatic carbocycles. The molecule has 1 saturated heterocycles. The number of hydrogen-bond acceptors (Lipinski definition) is 2. The van der Waals surface area contributed by atoms with Crippen LogP contribution in [0.5, 0.6) is 0 Å². The molecular weight excluding hydrogens is 214 g/mol. The van der Waals surface area contributed by atoms with E-state index in [1.54, 1.807) is 0 Å². The van der Waals surface area contributed by atoms with E-state index in [0.717, 1.165) is 51.6 Å². The number of Topliss-reactive ketones (excluding diaryl/α,β-unsaturated/α-hetero) is 1. The molecule has 2 atom stereocenters. The van der Waals surface area contributed by atoms with Gasteiger partial charge in [-0.3, -0.25) is 9.59 Å². The quantitative estimate of drug-likeness (QED) is 0.756. The van der Waals surface area contributed by atoms with Gasteiger partial charge in [-0.25, -0.2) is 0 Å². The van der Waals surface area contributed by atoms with E-state index < -0.39 is 0 Å². The molecule has 1 heterocycles. The number of hydrogen-bond donors (Lipinski definition) is 0. The molecule has 17 heavy (non-hydrogen) atoms. The maximum atomic E-state index is 11.9. The summed E-state index contributed by atoms with van der Waals surface area (Å²) >= 11 is 0. The minimum atomic E-state index is 0.239. The summed E-state index contributed by atoms with van der Waals surface area (Å²) in [6, 6.07) is 0. The van der Waals surface area contributed by atoms with Crippen molar-refractivity contribution in [3.63, 3.8) is 0 Å². The second kappa shape index (κ2) is 5.65. The van der Waals surface area contributed by atoms with Crippen LogP contribution in [0.4, 0.5) is 0 Å². The van der Waals surface area contributed by atoms with Crippen molar-refractivity contribution < 1.29 is 9.59 Å². The third kappa shape index (κ3) is 3.30. The van der Waals surface area contributed by atoms with Crippen LogP contribution in [0.1, 0.15) is 51.9 Å². The highest BCUT2D eigenvalue weighted by Crippen LogP contribution is 2.25. The fraction of sp³-hybridized carbons (Fsp3) is 0.857. The lowest BCUT2D eigenvalue weighted by molar-refractivity contribution is -0.131. The van der Waals surface area contributed by atoms with Crippen molar-refractivity contribution in [1.29, 1.82) is 0 Å². The lowest BCUT2D eigenvalue weighted by Gasteiger charge is -2.22. The van der Waals surface area contributed by atoms with Gasteiger partial charge in [0.05, 0.1) is 0 Å². The van der Waals surface area contributed by atoms with Crippen LogP contribution in [-0.4, -0.2) is 29.7 Å². The zero-order chi connectivity index (χ0) is 12.3. The van der Waals surface area contributed by atoms with Gasteiger partial charge in [0, 0.05) is 31.8 Å². The number of amides is 1. The molecule has 3 heteroatoms. The van der Waals surface area contributed by atoms with Crippen molar-refractivity contribution in [1.82, 2.24) is 4.90 Å². The van der Waals surface area contributed by atoms with Gasteiger partial charge in [-0.1, -0.05) is 6.92 Å². The van der Waals surface area contributed by atoms with E-state index in [4.69, 9.17) is 0 Å². The third-order valence-electron chi connectivity index (χ3n) is 4.27. The molecule has 0 aromatic rings. The normalized spacial score (nSPS) is 30.8. The minimum absolute atomic E-state index is 0.239. The molecule has 96 valence electrons. The molecule has 0 spiro atoms. The van der Waals surface area contributed by atoms with Gasteiger partial charge in [-0.15, -0.1) is 0 Å². The van der Waals surface area contributed by atoms with Crippen LogP contribution >= 0.6 is 0 Å². The highest BCUT2D eigenvalue weighted by Gasteiger charge is 2.26. The molecule has 0 bridgehead atoms. The largest absolute Gasteiger partial charge is 0.343 e. The van der Waals surface area contributed by atoms with Crippen molar-refractivity contribution in [2.24, 2.45) is 11.8 Å².